The van der Waals surface area contributed by atoms with Crippen LogP contribution in [0.1, 0.15) is 27.2 Å². The third kappa shape index (κ3) is 4.31. The second-order valence-corrected chi connectivity index (χ2v) is 6.74. The van der Waals surface area contributed by atoms with E-state index < -0.39 is 0 Å². The molecule has 0 bridgehead atoms. The Bertz CT molecular complexity index is 571. The normalized spacial score (nSPS) is 11.7. The first-order valence-electron chi connectivity index (χ1n) is 6.65. The minimum atomic E-state index is 0.671. The first-order chi connectivity index (χ1) is 9.69. The minimum absolute atomic E-state index is 0.671. The van der Waals surface area contributed by atoms with E-state index in [0.717, 1.165) is 24.1 Å². The van der Waals surface area contributed by atoms with Crippen molar-refractivity contribution in [3.8, 4) is 0 Å². The molecule has 0 saturated heterocycles. The molecule has 108 valence electrons. The summed E-state index contributed by atoms with van der Waals surface area (Å²) in [4.78, 5) is 11.4. The van der Waals surface area contributed by atoms with E-state index in [1.54, 1.807) is 22.7 Å². The molecule has 0 spiro atoms. The molecule has 2 aromatic rings. The summed E-state index contributed by atoms with van der Waals surface area (Å²) in [5, 5.41) is 9.85. The first-order valence-corrected chi connectivity index (χ1v) is 8.35. The highest BCUT2D eigenvalue weighted by Gasteiger charge is 2.03. The molecule has 0 unspecified atom stereocenters. The van der Waals surface area contributed by atoms with Crippen LogP contribution in [-0.2, 0) is 13.1 Å². The van der Waals surface area contributed by atoms with E-state index in [-0.39, 0.29) is 0 Å². The minimum Gasteiger partial charge on any atom is -0.357 e. The van der Waals surface area contributed by atoms with Crippen LogP contribution in [0.25, 0.3) is 0 Å². The number of thiophene rings is 1. The lowest BCUT2D eigenvalue weighted by Crippen LogP contribution is -2.36. The lowest BCUT2D eigenvalue weighted by molar-refractivity contribution is 0.822. The molecule has 0 aliphatic heterocycles. The van der Waals surface area contributed by atoms with Crippen molar-refractivity contribution in [1.29, 1.82) is 0 Å². The number of nitrogens with zero attached hydrogens (tertiary/aromatic N) is 2. The Hall–Kier alpha value is -1.40. The maximum Gasteiger partial charge on any atom is 0.191 e. The lowest BCUT2D eigenvalue weighted by Gasteiger charge is -2.10. The summed E-state index contributed by atoms with van der Waals surface area (Å²) in [5.74, 6) is 0.853. The maximum atomic E-state index is 4.60. The van der Waals surface area contributed by atoms with Crippen LogP contribution in [-0.4, -0.2) is 17.5 Å². The molecular formula is C14H20N4S2. The summed E-state index contributed by atoms with van der Waals surface area (Å²) in [5.41, 5.74) is 1.33. The van der Waals surface area contributed by atoms with Crippen LogP contribution < -0.4 is 10.6 Å². The van der Waals surface area contributed by atoms with Crippen molar-refractivity contribution in [2.75, 3.05) is 6.54 Å². The van der Waals surface area contributed by atoms with Gasteiger partial charge in [0.25, 0.3) is 0 Å². The van der Waals surface area contributed by atoms with Crippen molar-refractivity contribution in [3.05, 3.63) is 38.0 Å². The Morgan fingerprint density at radius 3 is 2.80 bits per heavy atom. The average molecular weight is 308 g/mol. The molecule has 0 aromatic carbocycles. The molecule has 0 amide bonds. The molecule has 2 N–H and O–H groups in total. The summed E-state index contributed by atoms with van der Waals surface area (Å²) in [6.45, 7) is 8.57. The molecule has 2 aromatic heterocycles. The second kappa shape index (κ2) is 7.40. The van der Waals surface area contributed by atoms with Crippen molar-refractivity contribution >= 4 is 28.6 Å². The number of hydrogen-bond donors (Lipinski definition) is 2. The molecule has 2 heterocycles. The number of aromatic nitrogens is 1. The van der Waals surface area contributed by atoms with E-state index in [9.17, 15) is 0 Å². The third-order valence-corrected chi connectivity index (χ3v) is 4.71. The van der Waals surface area contributed by atoms with Crippen molar-refractivity contribution < 1.29 is 0 Å². The summed E-state index contributed by atoms with van der Waals surface area (Å²) < 4.78 is 0. The van der Waals surface area contributed by atoms with Crippen LogP contribution >= 0.6 is 22.7 Å². The van der Waals surface area contributed by atoms with Gasteiger partial charge in [0.1, 0.15) is 0 Å². The average Bonchev–Trinajstić information content (AvgIpc) is 3.02. The van der Waals surface area contributed by atoms with Crippen molar-refractivity contribution in [2.24, 2.45) is 4.99 Å². The van der Waals surface area contributed by atoms with Gasteiger partial charge in [0.15, 0.2) is 5.96 Å². The number of nitrogens with one attached hydrogen (secondary N) is 2. The fourth-order valence-electron chi connectivity index (χ4n) is 1.73. The number of hydrogen-bond acceptors (Lipinski definition) is 4. The molecule has 0 fully saturated rings. The largest absolute Gasteiger partial charge is 0.357 e. The quantitative estimate of drug-likeness (QED) is 0.659. The Labute approximate surface area is 128 Å². The van der Waals surface area contributed by atoms with E-state index in [0.29, 0.717) is 6.54 Å². The van der Waals surface area contributed by atoms with Gasteiger partial charge >= 0.3 is 0 Å². The highest BCUT2D eigenvalue weighted by atomic mass is 32.1. The van der Waals surface area contributed by atoms with Gasteiger partial charge in [0, 0.05) is 22.5 Å². The van der Waals surface area contributed by atoms with Gasteiger partial charge in [0.05, 0.1) is 18.1 Å². The predicted octanol–water partition coefficient (Wildman–Crippen LogP) is 3.08. The van der Waals surface area contributed by atoms with Gasteiger partial charge in [-0.05, 0) is 37.8 Å². The van der Waals surface area contributed by atoms with Gasteiger partial charge < -0.3 is 10.6 Å². The number of guanidine groups is 1. The molecule has 0 radical (unpaired) electrons. The van der Waals surface area contributed by atoms with Crippen molar-refractivity contribution in [2.45, 2.75) is 33.9 Å². The topological polar surface area (TPSA) is 49.3 Å². The Morgan fingerprint density at radius 2 is 2.20 bits per heavy atom. The van der Waals surface area contributed by atoms with Gasteiger partial charge in [-0.25, -0.2) is 9.98 Å². The molecule has 0 atom stereocenters. The van der Waals surface area contributed by atoms with Gasteiger partial charge in [-0.3, -0.25) is 0 Å². The predicted molar refractivity (Wildman–Crippen MR) is 87.6 cm³/mol. The van der Waals surface area contributed by atoms with Gasteiger partial charge in [-0.2, -0.15) is 0 Å². The van der Waals surface area contributed by atoms with E-state index in [4.69, 9.17) is 0 Å². The molecule has 0 saturated carbocycles. The van der Waals surface area contributed by atoms with Crippen molar-refractivity contribution in [1.82, 2.24) is 15.6 Å². The fourth-order valence-corrected chi connectivity index (χ4v) is 3.29. The van der Waals surface area contributed by atoms with Gasteiger partial charge in [0.2, 0.25) is 0 Å². The van der Waals surface area contributed by atoms with Crippen LogP contribution in [0, 0.1) is 13.8 Å². The zero-order valence-electron chi connectivity index (χ0n) is 12.1. The zero-order valence-corrected chi connectivity index (χ0v) is 13.7. The van der Waals surface area contributed by atoms with Crippen LogP contribution in [0.3, 0.4) is 0 Å². The van der Waals surface area contributed by atoms with Gasteiger partial charge in [-0.15, -0.1) is 22.7 Å². The van der Waals surface area contributed by atoms with Crippen LogP contribution in [0.5, 0.6) is 0 Å². The zero-order chi connectivity index (χ0) is 14.4. The van der Waals surface area contributed by atoms with Crippen LogP contribution in [0.15, 0.2) is 22.6 Å². The standard InChI is InChI=1S/C14H20N4S2/c1-4-15-14(17-8-12-7-16-11(3)20-12)18-9-13-10(2)5-6-19-13/h5-7H,4,8-9H2,1-3H3,(H2,15,17,18). The summed E-state index contributed by atoms with van der Waals surface area (Å²) in [6, 6.07) is 2.14. The number of thiazole rings is 1. The number of aliphatic imine (C=N–C) groups is 1. The SMILES string of the molecule is CCNC(=NCc1cnc(C)s1)NCc1sccc1C. The Balaban J connectivity index is 1.94. The highest BCUT2D eigenvalue weighted by Crippen LogP contribution is 2.15. The second-order valence-electron chi connectivity index (χ2n) is 4.42. The summed E-state index contributed by atoms with van der Waals surface area (Å²) in [7, 11) is 0. The van der Waals surface area contributed by atoms with Crippen LogP contribution in [0.4, 0.5) is 0 Å². The molecule has 0 aliphatic carbocycles. The molecule has 4 nitrogen and oxygen atoms in total. The number of aryl methyl sites for hydroxylation is 2. The van der Waals surface area contributed by atoms with E-state index in [1.165, 1.54) is 15.3 Å². The van der Waals surface area contributed by atoms with E-state index in [1.807, 2.05) is 13.1 Å². The Kier molecular flexibility index (Phi) is 5.55. The van der Waals surface area contributed by atoms with Crippen molar-refractivity contribution in [3.63, 3.8) is 0 Å². The highest BCUT2D eigenvalue weighted by molar-refractivity contribution is 7.11. The summed E-state index contributed by atoms with van der Waals surface area (Å²) >= 11 is 3.47. The Morgan fingerprint density at radius 1 is 1.35 bits per heavy atom. The first kappa shape index (κ1) is 15.0. The smallest absolute Gasteiger partial charge is 0.191 e. The van der Waals surface area contributed by atoms with E-state index in [2.05, 4.69) is 45.9 Å². The molecular weight excluding hydrogens is 288 g/mol. The van der Waals surface area contributed by atoms with Crippen LogP contribution in [0.2, 0.25) is 0 Å². The molecule has 20 heavy (non-hydrogen) atoms. The monoisotopic (exact) mass is 308 g/mol. The number of rotatable bonds is 5. The fraction of sp³-hybridized carbons (Fsp3) is 0.429. The molecule has 2 rings (SSSR count). The third-order valence-electron chi connectivity index (χ3n) is 2.79. The maximum absolute atomic E-state index is 4.60. The lowest BCUT2D eigenvalue weighted by atomic mass is 10.3. The van der Waals surface area contributed by atoms with Gasteiger partial charge in [-0.1, -0.05) is 0 Å². The molecule has 6 heteroatoms. The molecule has 0 aliphatic rings. The van der Waals surface area contributed by atoms with E-state index >= 15 is 0 Å². The summed E-state index contributed by atoms with van der Waals surface area (Å²) in [6.07, 6.45) is 1.90.